The van der Waals surface area contributed by atoms with Crippen molar-refractivity contribution in [3.8, 4) is 0 Å². The van der Waals surface area contributed by atoms with Gasteiger partial charge in [-0.15, -0.1) is 0 Å². The number of hydrogen-bond acceptors (Lipinski definition) is 2. The Kier molecular flexibility index (Phi) is 5.01. The van der Waals surface area contributed by atoms with E-state index in [1.165, 1.54) is 12.1 Å². The van der Waals surface area contributed by atoms with Crippen molar-refractivity contribution in [2.45, 2.75) is 25.1 Å². The molecule has 1 rings (SSSR count). The summed E-state index contributed by atoms with van der Waals surface area (Å²) in [5, 5.41) is 4.17. The third-order valence-corrected chi connectivity index (χ3v) is 3.15. The first-order valence-electron chi connectivity index (χ1n) is 4.68. The summed E-state index contributed by atoms with van der Waals surface area (Å²) in [6.07, 6.45) is 5.36. The van der Waals surface area contributed by atoms with Crippen molar-refractivity contribution in [2.75, 3.05) is 12.8 Å². The summed E-state index contributed by atoms with van der Waals surface area (Å²) in [6.45, 7) is 4.32. The van der Waals surface area contributed by atoms with E-state index in [-0.39, 0.29) is 0 Å². The molecule has 0 aliphatic heterocycles. The second kappa shape index (κ2) is 6.11. The highest BCUT2D eigenvalue weighted by Gasteiger charge is 1.98. The van der Waals surface area contributed by atoms with Gasteiger partial charge in [0.15, 0.2) is 0 Å². The fourth-order valence-corrected chi connectivity index (χ4v) is 1.48. The van der Waals surface area contributed by atoms with Crippen LogP contribution in [0.5, 0.6) is 0 Å². The van der Waals surface area contributed by atoms with Gasteiger partial charge in [-0.2, -0.15) is 11.8 Å². The normalized spacial score (nSPS) is 13.1. The minimum absolute atomic E-state index is 0.760. The number of aromatic nitrogens is 1. The zero-order valence-electron chi connectivity index (χ0n) is 8.34. The van der Waals surface area contributed by atoms with Crippen molar-refractivity contribution in [1.29, 1.82) is 0 Å². The van der Waals surface area contributed by atoms with Crippen LogP contribution in [0.3, 0.4) is 0 Å². The first-order valence-corrected chi connectivity index (χ1v) is 5.97. The fraction of sp³-hybridized carbons (Fsp3) is 0.600. The Balaban J connectivity index is 2.02. The number of H-pyrrole nitrogens is 1. The molecule has 1 aromatic rings. The minimum Gasteiger partial charge on any atom is -0.364 e. The van der Waals surface area contributed by atoms with Crippen LogP contribution < -0.4 is 5.32 Å². The minimum atomic E-state index is 0.760. The summed E-state index contributed by atoms with van der Waals surface area (Å²) in [4.78, 5) is 3.17. The van der Waals surface area contributed by atoms with Crippen LogP contribution in [-0.2, 0) is 6.54 Å². The Morgan fingerprint density at radius 2 is 2.46 bits per heavy atom. The van der Waals surface area contributed by atoms with E-state index in [1.54, 1.807) is 0 Å². The predicted molar refractivity (Wildman–Crippen MR) is 60.1 cm³/mol. The molecule has 1 unspecified atom stereocenters. The zero-order chi connectivity index (χ0) is 9.52. The van der Waals surface area contributed by atoms with E-state index >= 15 is 0 Å². The topological polar surface area (TPSA) is 27.8 Å². The number of thioether (sulfide) groups is 1. The molecule has 2 N–H and O–H groups in total. The maximum absolute atomic E-state index is 3.41. The van der Waals surface area contributed by atoms with E-state index < -0.39 is 0 Å². The Bertz CT molecular complexity index is 209. The number of aromatic amines is 1. The van der Waals surface area contributed by atoms with Crippen LogP contribution in [0.2, 0.25) is 0 Å². The molecule has 0 bridgehead atoms. The second-order valence-electron chi connectivity index (χ2n) is 3.21. The van der Waals surface area contributed by atoms with Crippen molar-refractivity contribution in [3.05, 3.63) is 24.0 Å². The molecule has 0 radical (unpaired) electrons. The molecule has 0 saturated carbocycles. The lowest BCUT2D eigenvalue weighted by Crippen LogP contribution is -2.17. The van der Waals surface area contributed by atoms with Gasteiger partial charge in [-0.05, 0) is 31.4 Å². The lowest BCUT2D eigenvalue weighted by Gasteiger charge is -2.08. The third kappa shape index (κ3) is 4.39. The molecular formula is C10H18N2S. The van der Waals surface area contributed by atoms with Gasteiger partial charge in [0.2, 0.25) is 0 Å². The van der Waals surface area contributed by atoms with Gasteiger partial charge < -0.3 is 10.3 Å². The van der Waals surface area contributed by atoms with Gasteiger partial charge in [0.1, 0.15) is 0 Å². The quantitative estimate of drug-likeness (QED) is 0.686. The van der Waals surface area contributed by atoms with Crippen molar-refractivity contribution in [2.24, 2.45) is 0 Å². The Morgan fingerprint density at radius 3 is 3.08 bits per heavy atom. The molecule has 1 aromatic heterocycles. The molecule has 0 aliphatic carbocycles. The van der Waals surface area contributed by atoms with E-state index in [4.69, 9.17) is 0 Å². The summed E-state index contributed by atoms with van der Waals surface area (Å²) < 4.78 is 0. The smallest absolute Gasteiger partial charge is 0.0357 e. The molecular weight excluding hydrogens is 180 g/mol. The molecule has 0 aromatic carbocycles. The highest BCUT2D eigenvalue weighted by Crippen LogP contribution is 2.07. The van der Waals surface area contributed by atoms with E-state index in [0.29, 0.717) is 0 Å². The number of rotatable bonds is 6. The zero-order valence-corrected chi connectivity index (χ0v) is 9.16. The second-order valence-corrected chi connectivity index (χ2v) is 4.48. The van der Waals surface area contributed by atoms with Crippen LogP contribution in [0.15, 0.2) is 18.3 Å². The van der Waals surface area contributed by atoms with Crippen LogP contribution >= 0.6 is 11.8 Å². The molecule has 0 fully saturated rings. The van der Waals surface area contributed by atoms with Crippen molar-refractivity contribution in [3.63, 3.8) is 0 Å². The Morgan fingerprint density at radius 1 is 1.62 bits per heavy atom. The van der Waals surface area contributed by atoms with E-state index in [2.05, 4.69) is 29.5 Å². The molecule has 0 aliphatic rings. The maximum atomic E-state index is 3.41. The van der Waals surface area contributed by atoms with Gasteiger partial charge >= 0.3 is 0 Å². The summed E-state index contributed by atoms with van der Waals surface area (Å²) >= 11 is 1.92. The van der Waals surface area contributed by atoms with Gasteiger partial charge in [-0.25, -0.2) is 0 Å². The molecule has 13 heavy (non-hydrogen) atoms. The van der Waals surface area contributed by atoms with Crippen molar-refractivity contribution in [1.82, 2.24) is 10.3 Å². The Labute approximate surface area is 84.5 Å². The van der Waals surface area contributed by atoms with E-state index in [1.807, 2.05) is 24.0 Å². The molecule has 2 nitrogen and oxygen atoms in total. The largest absolute Gasteiger partial charge is 0.364 e. The lowest BCUT2D eigenvalue weighted by molar-refractivity contribution is 0.641. The van der Waals surface area contributed by atoms with Crippen molar-refractivity contribution < 1.29 is 0 Å². The first-order chi connectivity index (χ1) is 6.33. The van der Waals surface area contributed by atoms with E-state index in [0.717, 1.165) is 18.3 Å². The molecule has 74 valence electrons. The Hall–Kier alpha value is -0.410. The molecule has 1 heterocycles. The lowest BCUT2D eigenvalue weighted by atomic mass is 10.3. The summed E-state index contributed by atoms with van der Waals surface area (Å²) in [5.41, 5.74) is 1.26. The molecule has 0 amide bonds. The maximum Gasteiger partial charge on any atom is 0.0357 e. The van der Waals surface area contributed by atoms with Gasteiger partial charge in [0, 0.05) is 23.7 Å². The molecule has 0 saturated heterocycles. The average molecular weight is 198 g/mol. The fourth-order valence-electron chi connectivity index (χ4n) is 1.12. The molecule has 0 spiro atoms. The van der Waals surface area contributed by atoms with Crippen LogP contribution in [0.1, 0.15) is 19.0 Å². The van der Waals surface area contributed by atoms with Crippen LogP contribution in [0, 0.1) is 0 Å². The summed E-state index contributed by atoms with van der Waals surface area (Å²) in [5.74, 6) is 0. The highest BCUT2D eigenvalue weighted by atomic mass is 32.2. The number of nitrogens with one attached hydrogen (secondary N) is 2. The summed E-state index contributed by atoms with van der Waals surface area (Å²) in [6, 6.07) is 4.13. The van der Waals surface area contributed by atoms with Crippen molar-refractivity contribution >= 4 is 11.8 Å². The monoisotopic (exact) mass is 198 g/mol. The average Bonchev–Trinajstić information content (AvgIpc) is 2.64. The van der Waals surface area contributed by atoms with Crippen LogP contribution in [-0.4, -0.2) is 23.0 Å². The van der Waals surface area contributed by atoms with Gasteiger partial charge in [0.25, 0.3) is 0 Å². The SMILES string of the molecule is CSC(C)CCNCc1ccc[nH]1. The van der Waals surface area contributed by atoms with Crippen LogP contribution in [0.4, 0.5) is 0 Å². The highest BCUT2D eigenvalue weighted by molar-refractivity contribution is 7.99. The van der Waals surface area contributed by atoms with Gasteiger partial charge in [0.05, 0.1) is 0 Å². The van der Waals surface area contributed by atoms with E-state index in [9.17, 15) is 0 Å². The predicted octanol–water partition coefficient (Wildman–Crippen LogP) is 2.25. The molecule has 1 atom stereocenters. The standard InChI is InChI=1S/C10H18N2S/c1-9(13-2)5-7-11-8-10-4-3-6-12-10/h3-4,6,9,11-12H,5,7-8H2,1-2H3. The molecule has 3 heteroatoms. The van der Waals surface area contributed by atoms with Crippen LogP contribution in [0.25, 0.3) is 0 Å². The van der Waals surface area contributed by atoms with Gasteiger partial charge in [-0.1, -0.05) is 6.92 Å². The van der Waals surface area contributed by atoms with Gasteiger partial charge in [-0.3, -0.25) is 0 Å². The first kappa shape index (κ1) is 10.7. The third-order valence-electron chi connectivity index (χ3n) is 2.11. The summed E-state index contributed by atoms with van der Waals surface area (Å²) in [7, 11) is 0. The number of hydrogen-bond donors (Lipinski definition) is 2.